The minimum Gasteiger partial charge on any atom is -0.465 e. The first-order valence-corrected chi connectivity index (χ1v) is 8.70. The molecular weight excluding hydrogens is 342 g/mol. The molecule has 0 aliphatic carbocycles. The Hall–Kier alpha value is -2.34. The smallest absolute Gasteiger partial charge is 0.407 e. The zero-order chi connectivity index (χ0) is 17.8. The van der Waals surface area contributed by atoms with E-state index >= 15 is 0 Å². The number of likely N-dealkylation sites (tertiary alicyclic amines) is 1. The van der Waals surface area contributed by atoms with Crippen molar-refractivity contribution in [3.05, 3.63) is 53.1 Å². The van der Waals surface area contributed by atoms with Gasteiger partial charge < -0.3 is 14.6 Å². The number of aryl methyl sites for hydroxylation is 2. The molecule has 25 heavy (non-hydrogen) atoms. The van der Waals surface area contributed by atoms with Crippen LogP contribution >= 0.6 is 11.6 Å². The molecule has 0 saturated carbocycles. The molecule has 2 heterocycles. The zero-order valence-corrected chi connectivity index (χ0v) is 14.5. The molecule has 1 aromatic carbocycles. The molecule has 0 spiro atoms. The van der Waals surface area contributed by atoms with Gasteiger partial charge in [0.25, 0.3) is 0 Å². The molecule has 0 bridgehead atoms. The van der Waals surface area contributed by atoms with Crippen molar-refractivity contribution >= 4 is 23.5 Å². The number of hydrogen-bond donors (Lipinski definition) is 1. The van der Waals surface area contributed by atoms with Gasteiger partial charge in [0, 0.05) is 43.0 Å². The fourth-order valence-electron chi connectivity index (χ4n) is 3.17. The fourth-order valence-corrected chi connectivity index (χ4v) is 3.40. The Morgan fingerprint density at radius 1 is 1.24 bits per heavy atom. The van der Waals surface area contributed by atoms with Crippen molar-refractivity contribution in [3.8, 4) is 0 Å². The summed E-state index contributed by atoms with van der Waals surface area (Å²) in [5.74, 6) is 0.270. The highest BCUT2D eigenvalue weighted by Gasteiger charge is 2.29. The number of carboxylic acid groups (broad SMARTS) is 1. The van der Waals surface area contributed by atoms with E-state index in [1.807, 2.05) is 28.8 Å². The van der Waals surface area contributed by atoms with E-state index < -0.39 is 6.09 Å². The van der Waals surface area contributed by atoms with Gasteiger partial charge in [-0.25, -0.2) is 9.78 Å². The number of aromatic nitrogens is 2. The van der Waals surface area contributed by atoms with Crippen LogP contribution in [0, 0.1) is 5.92 Å². The maximum atomic E-state index is 12.8. The molecule has 3 rings (SSSR count). The highest BCUT2D eigenvalue weighted by Crippen LogP contribution is 2.22. The molecule has 1 amide bonds. The van der Waals surface area contributed by atoms with Crippen LogP contribution in [0.15, 0.2) is 36.7 Å². The molecular formula is C18H20ClN3O3. The van der Waals surface area contributed by atoms with Crippen LogP contribution in [0.3, 0.4) is 0 Å². The number of Topliss-reactive ketones (excluding diaryl/α,β-unsaturated/α-hetero) is 1. The predicted molar refractivity (Wildman–Crippen MR) is 94.0 cm³/mol. The number of carbonyl (C=O) groups excluding carboxylic acids is 1. The Kier molecular flexibility index (Phi) is 5.38. The second-order valence-corrected chi connectivity index (χ2v) is 6.60. The third kappa shape index (κ3) is 4.02. The minimum absolute atomic E-state index is 0.00537. The second kappa shape index (κ2) is 7.70. The van der Waals surface area contributed by atoms with Gasteiger partial charge in [0.2, 0.25) is 5.78 Å². The lowest BCUT2D eigenvalue weighted by Crippen LogP contribution is -2.39. The first kappa shape index (κ1) is 17.5. The second-order valence-electron chi connectivity index (χ2n) is 6.19. The van der Waals surface area contributed by atoms with Crippen LogP contribution in [-0.2, 0) is 13.0 Å². The monoisotopic (exact) mass is 361 g/mol. The summed E-state index contributed by atoms with van der Waals surface area (Å²) in [6.45, 7) is 1.41. The highest BCUT2D eigenvalue weighted by atomic mass is 35.5. The molecule has 0 atom stereocenters. The number of hydrogen-bond acceptors (Lipinski definition) is 3. The average Bonchev–Trinajstić information content (AvgIpc) is 3.09. The van der Waals surface area contributed by atoms with Gasteiger partial charge in [-0.15, -0.1) is 0 Å². The molecule has 132 valence electrons. The number of nitrogens with zero attached hydrogens (tertiary/aromatic N) is 3. The molecule has 1 aromatic heterocycles. The van der Waals surface area contributed by atoms with Gasteiger partial charge in [0.1, 0.15) is 0 Å². The maximum absolute atomic E-state index is 12.8. The summed E-state index contributed by atoms with van der Waals surface area (Å²) in [5.41, 5.74) is 1.03. The Labute approximate surface area is 151 Å². The summed E-state index contributed by atoms with van der Waals surface area (Å²) >= 11 is 6.18. The summed E-state index contributed by atoms with van der Waals surface area (Å²) in [6, 6.07) is 7.66. The van der Waals surface area contributed by atoms with E-state index in [1.54, 1.807) is 12.4 Å². The van der Waals surface area contributed by atoms with Crippen molar-refractivity contribution in [1.29, 1.82) is 0 Å². The van der Waals surface area contributed by atoms with Crippen LogP contribution in [0.25, 0.3) is 0 Å². The van der Waals surface area contributed by atoms with Crippen molar-refractivity contribution in [2.75, 3.05) is 13.1 Å². The van der Waals surface area contributed by atoms with E-state index in [0.29, 0.717) is 44.7 Å². The molecule has 0 unspecified atom stereocenters. The minimum atomic E-state index is -0.924. The molecule has 7 heteroatoms. The summed E-state index contributed by atoms with van der Waals surface area (Å²) in [7, 11) is 0. The fraction of sp³-hybridized carbons (Fsp3) is 0.389. The van der Waals surface area contributed by atoms with Gasteiger partial charge in [0.05, 0.1) is 0 Å². The van der Waals surface area contributed by atoms with E-state index in [4.69, 9.17) is 16.7 Å². The molecule has 1 saturated heterocycles. The largest absolute Gasteiger partial charge is 0.465 e. The maximum Gasteiger partial charge on any atom is 0.407 e. The summed E-state index contributed by atoms with van der Waals surface area (Å²) in [4.78, 5) is 29.3. The third-order valence-electron chi connectivity index (χ3n) is 4.65. The molecule has 2 aromatic rings. The highest BCUT2D eigenvalue weighted by molar-refractivity contribution is 6.31. The lowest BCUT2D eigenvalue weighted by molar-refractivity contribution is 0.0807. The van der Waals surface area contributed by atoms with E-state index in [1.165, 1.54) is 4.90 Å². The third-order valence-corrected chi connectivity index (χ3v) is 5.02. The number of carbonyl (C=O) groups is 2. The standard InChI is InChI=1S/C18H20ClN3O3/c19-15-4-2-1-3-13(15)5-9-21-12-8-20-17(21)16(23)14-6-10-22(11-7-14)18(24)25/h1-4,8,12,14H,5-7,9-11H2,(H,24,25). The first-order chi connectivity index (χ1) is 12.1. The van der Waals surface area contributed by atoms with Gasteiger partial charge in [0.15, 0.2) is 5.82 Å². The summed E-state index contributed by atoms with van der Waals surface area (Å²) < 4.78 is 1.86. The number of piperidine rings is 1. The van der Waals surface area contributed by atoms with Gasteiger partial charge in [-0.2, -0.15) is 0 Å². The van der Waals surface area contributed by atoms with Crippen molar-refractivity contribution in [2.24, 2.45) is 5.92 Å². The number of imidazole rings is 1. The van der Waals surface area contributed by atoms with Crippen LogP contribution < -0.4 is 0 Å². The topological polar surface area (TPSA) is 75.4 Å². The predicted octanol–water partition coefficient (Wildman–Crippen LogP) is 3.35. The zero-order valence-electron chi connectivity index (χ0n) is 13.8. The average molecular weight is 362 g/mol. The first-order valence-electron chi connectivity index (χ1n) is 8.33. The van der Waals surface area contributed by atoms with E-state index in [-0.39, 0.29) is 11.7 Å². The van der Waals surface area contributed by atoms with E-state index in [0.717, 1.165) is 10.6 Å². The number of benzene rings is 1. The Morgan fingerprint density at radius 2 is 1.96 bits per heavy atom. The van der Waals surface area contributed by atoms with Gasteiger partial charge in [-0.1, -0.05) is 29.8 Å². The summed E-state index contributed by atoms with van der Waals surface area (Å²) in [5, 5.41) is 9.72. The number of amides is 1. The van der Waals surface area contributed by atoms with Crippen molar-refractivity contribution in [2.45, 2.75) is 25.8 Å². The van der Waals surface area contributed by atoms with Crippen LogP contribution in [0.1, 0.15) is 29.0 Å². The molecule has 1 aliphatic rings. The summed E-state index contributed by atoms with van der Waals surface area (Å²) in [6.07, 6.45) is 4.31. The molecule has 1 fully saturated rings. The van der Waals surface area contributed by atoms with Crippen molar-refractivity contribution in [1.82, 2.24) is 14.5 Å². The van der Waals surface area contributed by atoms with Gasteiger partial charge in [-0.3, -0.25) is 4.79 Å². The number of halogens is 1. The molecule has 0 radical (unpaired) electrons. The SMILES string of the molecule is O=C(c1nccn1CCc1ccccc1Cl)C1CCN(C(=O)O)CC1. The van der Waals surface area contributed by atoms with Crippen LogP contribution in [0.2, 0.25) is 5.02 Å². The molecule has 1 aliphatic heterocycles. The number of rotatable bonds is 5. The van der Waals surface area contributed by atoms with Crippen molar-refractivity contribution < 1.29 is 14.7 Å². The normalized spacial score (nSPS) is 15.3. The molecule has 1 N–H and O–H groups in total. The lowest BCUT2D eigenvalue weighted by Gasteiger charge is -2.29. The Morgan fingerprint density at radius 3 is 2.64 bits per heavy atom. The van der Waals surface area contributed by atoms with Crippen LogP contribution in [-0.4, -0.2) is 44.5 Å². The van der Waals surface area contributed by atoms with E-state index in [2.05, 4.69) is 4.98 Å². The van der Waals surface area contributed by atoms with E-state index in [9.17, 15) is 9.59 Å². The van der Waals surface area contributed by atoms with Crippen molar-refractivity contribution in [3.63, 3.8) is 0 Å². The Bertz CT molecular complexity index is 766. The Balaban J connectivity index is 1.64. The van der Waals surface area contributed by atoms with Gasteiger partial charge >= 0.3 is 6.09 Å². The lowest BCUT2D eigenvalue weighted by atomic mass is 9.92. The quantitative estimate of drug-likeness (QED) is 0.828. The molecule has 6 nitrogen and oxygen atoms in total. The van der Waals surface area contributed by atoms with Gasteiger partial charge in [-0.05, 0) is 30.9 Å². The van der Waals surface area contributed by atoms with Crippen LogP contribution in [0.4, 0.5) is 4.79 Å². The van der Waals surface area contributed by atoms with Crippen LogP contribution in [0.5, 0.6) is 0 Å². The number of ketones is 1.